The Hall–Kier alpha value is -0.640. The van der Waals surface area contributed by atoms with Crippen LogP contribution in [-0.4, -0.2) is 6.26 Å². The zero-order valence-corrected chi connectivity index (χ0v) is 6.78. The average molecular weight is 181 g/mol. The third-order valence-electron chi connectivity index (χ3n) is 1.25. The van der Waals surface area contributed by atoms with Gasteiger partial charge in [-0.3, -0.25) is 0 Å². The minimum absolute atomic E-state index is 0.362. The molecule has 0 aromatic heterocycles. The quantitative estimate of drug-likeness (QED) is 0.632. The summed E-state index contributed by atoms with van der Waals surface area (Å²) in [6, 6.07) is 7.20. The summed E-state index contributed by atoms with van der Waals surface area (Å²) in [5, 5.41) is 0. The second-order valence-corrected chi connectivity index (χ2v) is 5.30. The van der Waals surface area contributed by atoms with Crippen LogP contribution in [0.1, 0.15) is 0 Å². The summed E-state index contributed by atoms with van der Waals surface area (Å²) in [6.45, 7) is 0. The summed E-state index contributed by atoms with van der Waals surface area (Å²) in [7, 11) is -6.01. The molecule has 4 heteroatoms. The second-order valence-electron chi connectivity index (χ2n) is 2.43. The molecule has 0 heterocycles. The highest BCUT2D eigenvalue weighted by molar-refractivity contribution is 8.37. The Kier molecular flexibility index (Phi) is 1.67. The van der Waals surface area contributed by atoms with E-state index in [9.17, 15) is 11.7 Å². The molecule has 0 bridgehead atoms. The van der Waals surface area contributed by atoms with Crippen LogP contribution >= 0.6 is 10.3 Å². The molecule has 1 rings (SSSR count). The lowest BCUT2D eigenvalue weighted by Gasteiger charge is -2.33. The largest absolute Gasteiger partial charge is 0.151 e. The van der Waals surface area contributed by atoms with Gasteiger partial charge in [-0.25, -0.2) is 0 Å². The molecule has 0 unspecified atom stereocenters. The molecule has 0 aliphatic heterocycles. The third-order valence-corrected chi connectivity index (χ3v) is 2.65. The summed E-state index contributed by atoms with van der Waals surface area (Å²) in [6.07, 6.45) is 0.362. The van der Waals surface area contributed by atoms with Gasteiger partial charge in [-0.2, -0.15) is 11.7 Å². The van der Waals surface area contributed by atoms with Crippen LogP contribution in [0.4, 0.5) is 11.7 Å². The van der Waals surface area contributed by atoms with E-state index in [4.69, 9.17) is 0 Å². The SMILES string of the molecule is C[SH](F)(F)(F)c1cc[c]cc1. The van der Waals surface area contributed by atoms with Crippen molar-refractivity contribution in [3.63, 3.8) is 0 Å². The van der Waals surface area contributed by atoms with Crippen molar-refractivity contribution in [3.05, 3.63) is 30.3 Å². The molecule has 0 saturated heterocycles. The summed E-state index contributed by atoms with van der Waals surface area (Å²) in [5.74, 6) is 0. The Balaban J connectivity index is 3.14. The molecule has 0 spiro atoms. The van der Waals surface area contributed by atoms with Crippen LogP contribution < -0.4 is 0 Å². The van der Waals surface area contributed by atoms with Crippen molar-refractivity contribution < 1.29 is 11.7 Å². The summed E-state index contributed by atoms with van der Waals surface area (Å²) < 4.78 is 37.8. The van der Waals surface area contributed by atoms with Gasteiger partial charge in [0.25, 0.3) is 0 Å². The summed E-state index contributed by atoms with van der Waals surface area (Å²) in [5.41, 5.74) is 0. The number of thiol groups is 1. The normalized spacial score (nSPS) is 15.5. The minimum atomic E-state index is -6.01. The van der Waals surface area contributed by atoms with Crippen molar-refractivity contribution in [1.29, 1.82) is 0 Å². The molecule has 0 fully saturated rings. The first-order valence-corrected chi connectivity index (χ1v) is 5.36. The van der Waals surface area contributed by atoms with Crippen LogP contribution in [0.3, 0.4) is 0 Å². The summed E-state index contributed by atoms with van der Waals surface area (Å²) >= 11 is 0. The molecule has 1 aromatic rings. The van der Waals surface area contributed by atoms with Crippen molar-refractivity contribution in [2.75, 3.05) is 6.26 Å². The van der Waals surface area contributed by atoms with E-state index < -0.39 is 15.2 Å². The lowest BCUT2D eigenvalue weighted by atomic mass is 10.4. The van der Waals surface area contributed by atoms with E-state index in [1.165, 1.54) is 12.1 Å². The molecule has 0 N–H and O–H groups in total. The van der Waals surface area contributed by atoms with E-state index in [0.717, 1.165) is 12.1 Å². The molecule has 63 valence electrons. The first-order chi connectivity index (χ1) is 4.86. The van der Waals surface area contributed by atoms with E-state index in [2.05, 4.69) is 6.07 Å². The lowest BCUT2D eigenvalue weighted by Crippen LogP contribution is -1.95. The highest BCUT2D eigenvalue weighted by atomic mass is 32.4. The molecule has 1 aromatic carbocycles. The van der Waals surface area contributed by atoms with Crippen LogP contribution in [-0.2, 0) is 0 Å². The molecule has 0 aliphatic rings. The minimum Gasteiger partial charge on any atom is -0.151 e. The monoisotopic (exact) mass is 181 g/mol. The van der Waals surface area contributed by atoms with Crippen LogP contribution in [0.2, 0.25) is 0 Å². The smallest absolute Gasteiger partial charge is 0.0655 e. The van der Waals surface area contributed by atoms with Gasteiger partial charge >= 0.3 is 0 Å². The summed E-state index contributed by atoms with van der Waals surface area (Å²) in [4.78, 5) is -0.519. The maximum atomic E-state index is 12.6. The predicted octanol–water partition coefficient (Wildman–Crippen LogP) is 3.20. The fourth-order valence-corrected chi connectivity index (χ4v) is 1.48. The molecule has 0 amide bonds. The van der Waals surface area contributed by atoms with Gasteiger partial charge in [-0.1, -0.05) is 12.1 Å². The molecular formula is C7H8F3S. The highest BCUT2D eigenvalue weighted by Gasteiger charge is 2.33. The molecule has 11 heavy (non-hydrogen) atoms. The van der Waals surface area contributed by atoms with E-state index >= 15 is 0 Å². The molecule has 0 nitrogen and oxygen atoms in total. The zero-order chi connectivity index (χ0) is 8.56. The van der Waals surface area contributed by atoms with Gasteiger partial charge in [0.2, 0.25) is 0 Å². The van der Waals surface area contributed by atoms with Gasteiger partial charge < -0.3 is 0 Å². The first kappa shape index (κ1) is 8.46. The van der Waals surface area contributed by atoms with Gasteiger partial charge in [0.15, 0.2) is 0 Å². The van der Waals surface area contributed by atoms with E-state index in [-0.39, 0.29) is 0 Å². The van der Waals surface area contributed by atoms with Crippen LogP contribution in [0.25, 0.3) is 0 Å². The third kappa shape index (κ3) is 2.15. The fourth-order valence-electron chi connectivity index (χ4n) is 0.696. The highest BCUT2D eigenvalue weighted by Crippen LogP contribution is 2.77. The Morgan fingerprint density at radius 3 is 1.91 bits per heavy atom. The zero-order valence-electron chi connectivity index (χ0n) is 5.89. The number of hydrogen-bond donors (Lipinski definition) is 1. The van der Waals surface area contributed by atoms with E-state index in [1.807, 2.05) is 0 Å². The fraction of sp³-hybridized carbons (Fsp3) is 0.143. The first-order valence-electron chi connectivity index (χ1n) is 3.00. The van der Waals surface area contributed by atoms with Crippen molar-refractivity contribution in [2.24, 2.45) is 0 Å². The van der Waals surface area contributed by atoms with E-state index in [0.29, 0.717) is 6.26 Å². The lowest BCUT2D eigenvalue weighted by molar-refractivity contribution is 0.600. The second kappa shape index (κ2) is 2.17. The van der Waals surface area contributed by atoms with Gasteiger partial charge in [-0.05, 0) is 18.2 Å². The van der Waals surface area contributed by atoms with Crippen molar-refractivity contribution >= 4 is 10.3 Å². The standard InChI is InChI=1S/C7H8F3S/c1-11(8,9,10)7-5-3-2-4-6-7/h3-6,11H,1H3. The van der Waals surface area contributed by atoms with Gasteiger partial charge in [-0.15, -0.1) is 0 Å². The van der Waals surface area contributed by atoms with Crippen molar-refractivity contribution in [3.8, 4) is 0 Å². The molecule has 0 atom stereocenters. The van der Waals surface area contributed by atoms with Crippen molar-refractivity contribution in [1.82, 2.24) is 0 Å². The van der Waals surface area contributed by atoms with Crippen LogP contribution in [0.15, 0.2) is 29.2 Å². The average Bonchev–Trinajstić information content (AvgIpc) is 1.86. The number of hydrogen-bond acceptors (Lipinski definition) is 0. The van der Waals surface area contributed by atoms with Crippen LogP contribution in [0, 0.1) is 6.07 Å². The Bertz CT molecular complexity index is 240. The molecule has 0 saturated carbocycles. The Morgan fingerprint density at radius 2 is 1.64 bits per heavy atom. The maximum absolute atomic E-state index is 12.6. The number of benzene rings is 1. The topological polar surface area (TPSA) is 0 Å². The Labute approximate surface area is 64.2 Å². The molecule has 1 radical (unpaired) electrons. The van der Waals surface area contributed by atoms with Gasteiger partial charge in [0, 0.05) is 11.2 Å². The van der Waals surface area contributed by atoms with Gasteiger partial charge in [0.1, 0.15) is 0 Å². The number of halogens is 3. The van der Waals surface area contributed by atoms with Gasteiger partial charge in [0.05, 0.1) is 10.3 Å². The number of rotatable bonds is 1. The molecular weight excluding hydrogens is 173 g/mol. The maximum Gasteiger partial charge on any atom is 0.0655 e. The Morgan fingerprint density at radius 1 is 1.18 bits per heavy atom. The van der Waals surface area contributed by atoms with E-state index in [1.54, 1.807) is 0 Å². The van der Waals surface area contributed by atoms with Crippen molar-refractivity contribution in [2.45, 2.75) is 4.90 Å². The van der Waals surface area contributed by atoms with Crippen LogP contribution in [0.5, 0.6) is 0 Å². The molecule has 0 aliphatic carbocycles. The predicted molar refractivity (Wildman–Crippen MR) is 41.8 cm³/mol.